The minimum atomic E-state index is -0.162. The number of aliphatic hydroxyl groups excluding tert-OH is 1. The van der Waals surface area contributed by atoms with Crippen LogP contribution in [0.25, 0.3) is 0 Å². The van der Waals surface area contributed by atoms with Crippen molar-refractivity contribution < 1.29 is 14.7 Å². The van der Waals surface area contributed by atoms with E-state index in [1.165, 1.54) is 6.92 Å². The summed E-state index contributed by atoms with van der Waals surface area (Å²) in [6.45, 7) is 2.70. The van der Waals surface area contributed by atoms with Gasteiger partial charge in [-0.1, -0.05) is 12.1 Å². The van der Waals surface area contributed by atoms with Crippen molar-refractivity contribution in [3.63, 3.8) is 0 Å². The molecule has 5 nitrogen and oxygen atoms in total. The molecule has 0 spiro atoms. The smallest absolute Gasteiger partial charge is 0.229 e. The molecule has 2 rings (SSSR count). The van der Waals surface area contributed by atoms with Crippen molar-refractivity contribution in [1.82, 2.24) is 4.90 Å². The maximum absolute atomic E-state index is 12.2. The lowest BCUT2D eigenvalue weighted by molar-refractivity contribution is -0.132. The highest BCUT2D eigenvalue weighted by molar-refractivity contribution is 5.93. The van der Waals surface area contributed by atoms with Gasteiger partial charge in [-0.3, -0.25) is 9.59 Å². The number of carbonyl (C=O) groups excluding carboxylic acids is 2. The first kappa shape index (κ1) is 14.5. The van der Waals surface area contributed by atoms with Crippen molar-refractivity contribution in [2.24, 2.45) is 5.92 Å². The Morgan fingerprint density at radius 1 is 1.45 bits per heavy atom. The minimum Gasteiger partial charge on any atom is -0.392 e. The average Bonchev–Trinajstić information content (AvgIpc) is 2.47. The lowest BCUT2D eigenvalue weighted by atomic mass is 9.97. The lowest BCUT2D eigenvalue weighted by Gasteiger charge is -2.31. The van der Waals surface area contributed by atoms with Crippen LogP contribution in [0.5, 0.6) is 0 Å². The number of aliphatic hydroxyl groups is 1. The van der Waals surface area contributed by atoms with Crippen LogP contribution in [0.1, 0.15) is 25.3 Å². The van der Waals surface area contributed by atoms with Crippen molar-refractivity contribution in [2.45, 2.75) is 26.4 Å². The molecule has 0 aliphatic carbocycles. The molecule has 1 aromatic rings. The summed E-state index contributed by atoms with van der Waals surface area (Å²) in [7, 11) is 0. The van der Waals surface area contributed by atoms with E-state index in [-0.39, 0.29) is 24.3 Å². The van der Waals surface area contributed by atoms with E-state index in [4.69, 9.17) is 5.11 Å². The Morgan fingerprint density at radius 2 is 2.25 bits per heavy atom. The number of rotatable bonds is 3. The number of amides is 2. The third-order valence-corrected chi connectivity index (χ3v) is 3.61. The summed E-state index contributed by atoms with van der Waals surface area (Å²) in [5.74, 6) is -0.207. The highest BCUT2D eigenvalue weighted by Crippen LogP contribution is 2.19. The van der Waals surface area contributed by atoms with Crippen molar-refractivity contribution in [3.05, 3.63) is 29.8 Å². The second-order valence-corrected chi connectivity index (χ2v) is 5.15. The Bertz CT molecular complexity index is 502. The quantitative estimate of drug-likeness (QED) is 0.876. The molecule has 0 bridgehead atoms. The summed E-state index contributed by atoms with van der Waals surface area (Å²) in [4.78, 5) is 25.3. The van der Waals surface area contributed by atoms with Gasteiger partial charge in [0.15, 0.2) is 0 Å². The van der Waals surface area contributed by atoms with Gasteiger partial charge in [-0.25, -0.2) is 0 Å². The van der Waals surface area contributed by atoms with Crippen LogP contribution in [0.4, 0.5) is 5.69 Å². The van der Waals surface area contributed by atoms with Gasteiger partial charge >= 0.3 is 0 Å². The lowest BCUT2D eigenvalue weighted by Crippen LogP contribution is -2.42. The Hall–Kier alpha value is -1.88. The van der Waals surface area contributed by atoms with E-state index in [0.717, 1.165) is 24.9 Å². The van der Waals surface area contributed by atoms with Gasteiger partial charge in [-0.2, -0.15) is 0 Å². The van der Waals surface area contributed by atoms with Crippen LogP contribution in [0.15, 0.2) is 24.3 Å². The Kier molecular flexibility index (Phi) is 4.74. The van der Waals surface area contributed by atoms with Crippen molar-refractivity contribution in [1.29, 1.82) is 0 Å². The molecule has 1 fully saturated rings. The molecule has 1 aliphatic rings. The van der Waals surface area contributed by atoms with Crippen LogP contribution in [0, 0.1) is 5.92 Å². The van der Waals surface area contributed by atoms with Crippen LogP contribution in [0.2, 0.25) is 0 Å². The molecular formula is C15H20N2O3. The fraction of sp³-hybridized carbons (Fsp3) is 0.467. The number of nitrogens with one attached hydrogen (secondary N) is 1. The molecule has 5 heteroatoms. The number of hydrogen-bond acceptors (Lipinski definition) is 3. The fourth-order valence-corrected chi connectivity index (χ4v) is 2.47. The molecule has 0 aromatic heterocycles. The SMILES string of the molecule is CC(=O)N1CCCC(C(=O)Nc2cccc(CO)c2)C1. The van der Waals surface area contributed by atoms with Gasteiger partial charge in [0.05, 0.1) is 12.5 Å². The Morgan fingerprint density at radius 3 is 2.95 bits per heavy atom. The van der Waals surface area contributed by atoms with Crippen LogP contribution >= 0.6 is 0 Å². The topological polar surface area (TPSA) is 69.6 Å². The van der Waals surface area contributed by atoms with E-state index in [1.54, 1.807) is 29.2 Å². The molecular weight excluding hydrogens is 256 g/mol. The standard InChI is InChI=1S/C15H20N2O3/c1-11(19)17-7-3-5-13(9-17)15(20)16-14-6-2-4-12(8-14)10-18/h2,4,6,8,13,18H,3,5,7,9-10H2,1H3,(H,16,20). The first-order valence-corrected chi connectivity index (χ1v) is 6.86. The maximum Gasteiger partial charge on any atom is 0.229 e. The summed E-state index contributed by atoms with van der Waals surface area (Å²) in [6, 6.07) is 7.14. The zero-order chi connectivity index (χ0) is 14.5. The molecule has 1 aromatic carbocycles. The van der Waals surface area contributed by atoms with Crippen molar-refractivity contribution in [2.75, 3.05) is 18.4 Å². The molecule has 20 heavy (non-hydrogen) atoms. The molecule has 1 unspecified atom stereocenters. The minimum absolute atomic E-state index is 0.0183. The van der Waals surface area contributed by atoms with E-state index in [0.29, 0.717) is 12.2 Å². The molecule has 1 aliphatic heterocycles. The fourth-order valence-electron chi connectivity index (χ4n) is 2.47. The van der Waals surface area contributed by atoms with E-state index in [2.05, 4.69) is 5.32 Å². The number of piperidine rings is 1. The molecule has 1 atom stereocenters. The molecule has 2 amide bonds. The van der Waals surface area contributed by atoms with Crippen LogP contribution in [-0.4, -0.2) is 34.9 Å². The number of anilines is 1. The maximum atomic E-state index is 12.2. The Labute approximate surface area is 118 Å². The van der Waals surface area contributed by atoms with Crippen LogP contribution in [-0.2, 0) is 16.2 Å². The molecule has 108 valence electrons. The zero-order valence-electron chi connectivity index (χ0n) is 11.6. The number of carbonyl (C=O) groups is 2. The predicted octanol–water partition coefficient (Wildman–Crippen LogP) is 1.38. The number of nitrogens with zero attached hydrogens (tertiary/aromatic N) is 1. The summed E-state index contributed by atoms with van der Waals surface area (Å²) in [5, 5.41) is 11.9. The predicted molar refractivity (Wildman–Crippen MR) is 76.0 cm³/mol. The number of benzene rings is 1. The normalized spacial score (nSPS) is 18.7. The van der Waals surface area contributed by atoms with E-state index < -0.39 is 0 Å². The third kappa shape index (κ3) is 3.57. The van der Waals surface area contributed by atoms with Gasteiger partial charge < -0.3 is 15.3 Å². The molecule has 0 radical (unpaired) electrons. The first-order valence-electron chi connectivity index (χ1n) is 6.86. The van der Waals surface area contributed by atoms with E-state index >= 15 is 0 Å². The summed E-state index contributed by atoms with van der Waals surface area (Å²) < 4.78 is 0. The summed E-state index contributed by atoms with van der Waals surface area (Å²) >= 11 is 0. The molecule has 2 N–H and O–H groups in total. The van der Waals surface area contributed by atoms with E-state index in [1.807, 2.05) is 0 Å². The second kappa shape index (κ2) is 6.52. The van der Waals surface area contributed by atoms with Gasteiger partial charge in [0.25, 0.3) is 0 Å². The summed E-state index contributed by atoms with van der Waals surface area (Å²) in [6.07, 6.45) is 1.66. The van der Waals surface area contributed by atoms with Gasteiger partial charge in [0.2, 0.25) is 11.8 Å². The van der Waals surface area contributed by atoms with Gasteiger partial charge in [-0.15, -0.1) is 0 Å². The first-order chi connectivity index (χ1) is 9.60. The number of hydrogen-bond donors (Lipinski definition) is 2. The van der Waals surface area contributed by atoms with E-state index in [9.17, 15) is 9.59 Å². The highest BCUT2D eigenvalue weighted by Gasteiger charge is 2.26. The van der Waals surface area contributed by atoms with Crippen LogP contribution in [0.3, 0.4) is 0 Å². The van der Waals surface area contributed by atoms with Gasteiger partial charge in [0, 0.05) is 25.7 Å². The second-order valence-electron chi connectivity index (χ2n) is 5.15. The molecule has 1 saturated heterocycles. The van der Waals surface area contributed by atoms with Crippen molar-refractivity contribution in [3.8, 4) is 0 Å². The third-order valence-electron chi connectivity index (χ3n) is 3.61. The number of likely N-dealkylation sites (tertiary alicyclic amines) is 1. The molecule has 1 heterocycles. The monoisotopic (exact) mass is 276 g/mol. The average molecular weight is 276 g/mol. The van der Waals surface area contributed by atoms with Crippen molar-refractivity contribution >= 4 is 17.5 Å². The molecule has 0 saturated carbocycles. The largest absolute Gasteiger partial charge is 0.392 e. The highest BCUT2D eigenvalue weighted by atomic mass is 16.3. The Balaban J connectivity index is 1.98. The van der Waals surface area contributed by atoms with Gasteiger partial charge in [-0.05, 0) is 30.5 Å². The van der Waals surface area contributed by atoms with Gasteiger partial charge in [0.1, 0.15) is 0 Å². The van der Waals surface area contributed by atoms with Crippen LogP contribution < -0.4 is 5.32 Å². The summed E-state index contributed by atoms with van der Waals surface area (Å²) in [5.41, 5.74) is 1.44. The zero-order valence-corrected chi connectivity index (χ0v) is 11.6.